The van der Waals surface area contributed by atoms with E-state index in [2.05, 4.69) is 45.4 Å². The number of carbonyl (C=O) groups excluding carboxylic acids is 2. The summed E-state index contributed by atoms with van der Waals surface area (Å²) in [7, 11) is 0. The van der Waals surface area contributed by atoms with Gasteiger partial charge in [-0.25, -0.2) is 5.43 Å². The molecule has 25 heavy (non-hydrogen) atoms. The lowest BCUT2D eigenvalue weighted by atomic mass is 10.1. The molecule has 130 valence electrons. The lowest BCUT2D eigenvalue weighted by Gasteiger charge is -2.05. The molecule has 2 amide bonds. The molecular formula is C19H20IN3O2. The van der Waals surface area contributed by atoms with Crippen molar-refractivity contribution in [1.82, 2.24) is 5.43 Å². The Kier molecular flexibility index (Phi) is 7.59. The van der Waals surface area contributed by atoms with E-state index in [1.807, 2.05) is 48.5 Å². The van der Waals surface area contributed by atoms with E-state index in [0.29, 0.717) is 0 Å². The Morgan fingerprint density at radius 2 is 1.64 bits per heavy atom. The van der Waals surface area contributed by atoms with Crippen molar-refractivity contribution >= 4 is 46.3 Å². The maximum Gasteiger partial charge on any atom is 0.240 e. The van der Waals surface area contributed by atoms with Crippen LogP contribution in [-0.4, -0.2) is 18.0 Å². The maximum absolute atomic E-state index is 11.9. The number of halogens is 1. The number of hydrogen-bond acceptors (Lipinski definition) is 3. The van der Waals surface area contributed by atoms with Crippen LogP contribution < -0.4 is 10.7 Å². The summed E-state index contributed by atoms with van der Waals surface area (Å²) in [4.78, 5) is 23.6. The average molecular weight is 449 g/mol. The topological polar surface area (TPSA) is 70.6 Å². The number of aryl methyl sites for hydroxylation is 1. The number of benzene rings is 2. The summed E-state index contributed by atoms with van der Waals surface area (Å²) in [6.07, 6.45) is 2.73. The highest BCUT2D eigenvalue weighted by atomic mass is 127. The van der Waals surface area contributed by atoms with E-state index in [-0.39, 0.29) is 24.7 Å². The Balaban J connectivity index is 1.71. The monoisotopic (exact) mass is 449 g/mol. The smallest absolute Gasteiger partial charge is 0.240 e. The standard InChI is InChI=1S/C19H20IN3O2/c1-2-14-5-9-17(10-6-14)22-18(24)11-12-19(25)23-21-13-15-3-7-16(20)8-4-15/h3-10,13H,2,11-12H2,1H3,(H,22,24)(H,23,25). The number of hydrogen-bond donors (Lipinski definition) is 2. The van der Waals surface area contributed by atoms with Gasteiger partial charge in [-0.2, -0.15) is 5.10 Å². The van der Waals surface area contributed by atoms with Crippen molar-refractivity contribution in [2.75, 3.05) is 5.32 Å². The van der Waals surface area contributed by atoms with Gasteiger partial charge in [0, 0.05) is 22.1 Å². The molecule has 0 fully saturated rings. The fourth-order valence-corrected chi connectivity index (χ4v) is 2.42. The molecule has 2 aromatic carbocycles. The molecule has 0 atom stereocenters. The van der Waals surface area contributed by atoms with E-state index in [0.717, 1.165) is 21.2 Å². The molecule has 0 spiro atoms. The summed E-state index contributed by atoms with van der Waals surface area (Å²) >= 11 is 2.22. The highest BCUT2D eigenvalue weighted by Gasteiger charge is 2.06. The first-order chi connectivity index (χ1) is 12.1. The zero-order valence-electron chi connectivity index (χ0n) is 14.0. The number of hydrazone groups is 1. The third-order valence-corrected chi connectivity index (χ3v) is 4.22. The van der Waals surface area contributed by atoms with Crippen LogP contribution in [0.2, 0.25) is 0 Å². The molecule has 2 aromatic rings. The molecule has 0 radical (unpaired) electrons. The van der Waals surface area contributed by atoms with Gasteiger partial charge in [-0.1, -0.05) is 31.2 Å². The van der Waals surface area contributed by atoms with Gasteiger partial charge in [-0.05, 0) is 64.4 Å². The van der Waals surface area contributed by atoms with Crippen LogP contribution in [0.5, 0.6) is 0 Å². The van der Waals surface area contributed by atoms with Crippen LogP contribution in [0.25, 0.3) is 0 Å². The van der Waals surface area contributed by atoms with E-state index >= 15 is 0 Å². The summed E-state index contributed by atoms with van der Waals surface area (Å²) in [5, 5.41) is 6.67. The van der Waals surface area contributed by atoms with Crippen molar-refractivity contribution in [3.8, 4) is 0 Å². The second-order valence-corrected chi connectivity index (χ2v) is 6.69. The summed E-state index contributed by atoms with van der Waals surface area (Å²) in [6, 6.07) is 15.4. The van der Waals surface area contributed by atoms with Gasteiger partial charge in [0.15, 0.2) is 0 Å². The number of amides is 2. The first-order valence-corrected chi connectivity index (χ1v) is 9.11. The molecule has 2 N–H and O–H groups in total. The van der Waals surface area contributed by atoms with E-state index in [1.54, 1.807) is 6.21 Å². The van der Waals surface area contributed by atoms with E-state index in [9.17, 15) is 9.59 Å². The van der Waals surface area contributed by atoms with E-state index in [4.69, 9.17) is 0 Å². The van der Waals surface area contributed by atoms with Crippen molar-refractivity contribution < 1.29 is 9.59 Å². The van der Waals surface area contributed by atoms with Crippen LogP contribution in [0.4, 0.5) is 5.69 Å². The lowest BCUT2D eigenvalue weighted by molar-refractivity contribution is -0.124. The van der Waals surface area contributed by atoms with Gasteiger partial charge in [0.25, 0.3) is 0 Å². The van der Waals surface area contributed by atoms with Crippen molar-refractivity contribution in [3.63, 3.8) is 0 Å². The second-order valence-electron chi connectivity index (χ2n) is 5.44. The van der Waals surface area contributed by atoms with Gasteiger partial charge in [0.05, 0.1) is 6.21 Å². The minimum absolute atomic E-state index is 0.0862. The summed E-state index contributed by atoms with van der Waals surface area (Å²) in [6.45, 7) is 2.08. The zero-order valence-corrected chi connectivity index (χ0v) is 16.1. The molecule has 5 nitrogen and oxygen atoms in total. The third kappa shape index (κ3) is 7.04. The maximum atomic E-state index is 11.9. The summed E-state index contributed by atoms with van der Waals surface area (Å²) < 4.78 is 1.13. The second kappa shape index (κ2) is 9.93. The molecule has 0 aliphatic carbocycles. The molecule has 0 heterocycles. The summed E-state index contributed by atoms with van der Waals surface area (Å²) in [5.74, 6) is -0.487. The highest BCUT2D eigenvalue weighted by Crippen LogP contribution is 2.10. The van der Waals surface area contributed by atoms with Gasteiger partial charge < -0.3 is 5.32 Å². The van der Waals surface area contributed by atoms with E-state index in [1.165, 1.54) is 5.56 Å². The number of carbonyl (C=O) groups is 2. The normalized spacial score (nSPS) is 10.6. The Hall–Kier alpha value is -2.22. The minimum atomic E-state index is -0.293. The zero-order chi connectivity index (χ0) is 18.1. The quantitative estimate of drug-likeness (QED) is 0.384. The minimum Gasteiger partial charge on any atom is -0.326 e. The van der Waals surface area contributed by atoms with Crippen LogP contribution in [0.1, 0.15) is 30.9 Å². The van der Waals surface area contributed by atoms with Crippen molar-refractivity contribution in [1.29, 1.82) is 0 Å². The first-order valence-electron chi connectivity index (χ1n) is 8.03. The average Bonchev–Trinajstić information content (AvgIpc) is 2.62. The highest BCUT2D eigenvalue weighted by molar-refractivity contribution is 14.1. The largest absolute Gasteiger partial charge is 0.326 e. The van der Waals surface area contributed by atoms with E-state index < -0.39 is 0 Å². The van der Waals surface area contributed by atoms with Gasteiger partial charge in [-0.15, -0.1) is 0 Å². The molecule has 0 unspecified atom stereocenters. The fourth-order valence-electron chi connectivity index (χ4n) is 2.06. The molecule has 0 aliphatic rings. The van der Waals surface area contributed by atoms with Gasteiger partial charge in [0.1, 0.15) is 0 Å². The molecule has 6 heteroatoms. The van der Waals surface area contributed by atoms with Crippen molar-refractivity contribution in [2.45, 2.75) is 26.2 Å². The SMILES string of the molecule is CCc1ccc(NC(=O)CCC(=O)NN=Cc2ccc(I)cc2)cc1. The summed E-state index contributed by atoms with van der Waals surface area (Å²) in [5.41, 5.74) is 5.27. The van der Waals surface area contributed by atoms with Crippen LogP contribution >= 0.6 is 22.6 Å². The number of rotatable bonds is 7. The Bertz CT molecular complexity index is 740. The number of anilines is 1. The lowest BCUT2D eigenvalue weighted by Crippen LogP contribution is -2.20. The Morgan fingerprint density at radius 3 is 2.28 bits per heavy atom. The Labute approximate surface area is 161 Å². The van der Waals surface area contributed by atoms with Gasteiger partial charge >= 0.3 is 0 Å². The van der Waals surface area contributed by atoms with Crippen molar-refractivity contribution in [2.24, 2.45) is 5.10 Å². The number of nitrogens with zero attached hydrogens (tertiary/aromatic N) is 1. The van der Waals surface area contributed by atoms with Gasteiger partial charge in [-0.3, -0.25) is 9.59 Å². The van der Waals surface area contributed by atoms with Crippen LogP contribution in [0.15, 0.2) is 53.6 Å². The molecule has 0 aliphatic heterocycles. The number of nitrogens with one attached hydrogen (secondary N) is 2. The molecule has 2 rings (SSSR count). The predicted octanol–water partition coefficient (Wildman–Crippen LogP) is 3.72. The molecule has 0 bridgehead atoms. The predicted molar refractivity (Wildman–Crippen MR) is 109 cm³/mol. The fraction of sp³-hybridized carbons (Fsp3) is 0.211. The van der Waals surface area contributed by atoms with Crippen LogP contribution in [-0.2, 0) is 16.0 Å². The molecular weight excluding hydrogens is 429 g/mol. The molecule has 0 saturated heterocycles. The van der Waals surface area contributed by atoms with Crippen LogP contribution in [0, 0.1) is 3.57 Å². The third-order valence-electron chi connectivity index (χ3n) is 3.50. The molecule has 0 saturated carbocycles. The van der Waals surface area contributed by atoms with Crippen LogP contribution in [0.3, 0.4) is 0 Å². The van der Waals surface area contributed by atoms with Crippen molar-refractivity contribution in [3.05, 3.63) is 63.2 Å². The van der Waals surface area contributed by atoms with Gasteiger partial charge in [0.2, 0.25) is 11.8 Å². The molecule has 0 aromatic heterocycles. The first kappa shape index (κ1) is 19.1. The Morgan fingerprint density at radius 1 is 1.00 bits per heavy atom.